The number of nitro benzene ring substituents is 1. The van der Waals surface area contributed by atoms with Crippen LogP contribution in [-0.2, 0) is 0 Å². The number of nitrogens with zero attached hydrogens (tertiary/aromatic N) is 3. The van der Waals surface area contributed by atoms with Crippen molar-refractivity contribution >= 4 is 17.3 Å². The fraction of sp³-hybridized carbons (Fsp3) is 0.0714. The van der Waals surface area contributed by atoms with Gasteiger partial charge < -0.3 is 5.32 Å². The molecular weight excluding hydrogens is 272 g/mol. The number of carbonyl (C=O) groups is 1. The van der Waals surface area contributed by atoms with Gasteiger partial charge in [0.1, 0.15) is 11.8 Å². The van der Waals surface area contributed by atoms with E-state index < -0.39 is 10.8 Å². The van der Waals surface area contributed by atoms with Crippen molar-refractivity contribution in [1.82, 2.24) is 4.98 Å². The van der Waals surface area contributed by atoms with Crippen molar-refractivity contribution in [3.63, 3.8) is 0 Å². The number of hydrogen-bond donors (Lipinski definition) is 1. The molecule has 0 unspecified atom stereocenters. The van der Waals surface area contributed by atoms with E-state index in [-0.39, 0.29) is 11.4 Å². The molecule has 1 aromatic carbocycles. The smallest absolute Gasteiger partial charge is 0.274 e. The molecule has 1 N–H and O–H groups in total. The quantitative estimate of drug-likeness (QED) is 0.686. The van der Waals surface area contributed by atoms with Gasteiger partial charge in [-0.2, -0.15) is 5.26 Å². The lowest BCUT2D eigenvalue weighted by atomic mass is 10.2. The van der Waals surface area contributed by atoms with E-state index in [4.69, 9.17) is 5.26 Å². The molecular formula is C14H10N4O3. The van der Waals surface area contributed by atoms with Crippen molar-refractivity contribution in [2.24, 2.45) is 0 Å². The van der Waals surface area contributed by atoms with Gasteiger partial charge in [-0.1, -0.05) is 0 Å². The molecule has 0 fully saturated rings. The predicted octanol–water partition coefficient (Wildman–Crippen LogP) is 2.42. The molecule has 0 aliphatic heterocycles. The molecule has 104 valence electrons. The first kappa shape index (κ1) is 14.1. The van der Waals surface area contributed by atoms with Crippen LogP contribution in [0.5, 0.6) is 0 Å². The van der Waals surface area contributed by atoms with Crippen LogP contribution < -0.4 is 5.32 Å². The van der Waals surface area contributed by atoms with Crippen molar-refractivity contribution in [1.29, 1.82) is 5.26 Å². The molecule has 0 saturated carbocycles. The van der Waals surface area contributed by atoms with Crippen molar-refractivity contribution in [3.05, 3.63) is 63.5 Å². The van der Waals surface area contributed by atoms with Gasteiger partial charge in [-0.15, -0.1) is 0 Å². The number of anilines is 1. The summed E-state index contributed by atoms with van der Waals surface area (Å²) >= 11 is 0. The van der Waals surface area contributed by atoms with E-state index in [0.717, 1.165) is 0 Å². The molecule has 7 nitrogen and oxygen atoms in total. The molecule has 1 amide bonds. The number of carbonyl (C=O) groups excluding carboxylic acids is 1. The number of hydrogen-bond acceptors (Lipinski definition) is 5. The van der Waals surface area contributed by atoms with E-state index >= 15 is 0 Å². The Labute approximate surface area is 120 Å². The van der Waals surface area contributed by atoms with E-state index in [0.29, 0.717) is 16.8 Å². The Morgan fingerprint density at radius 2 is 2.14 bits per heavy atom. The van der Waals surface area contributed by atoms with Gasteiger partial charge >= 0.3 is 0 Å². The van der Waals surface area contributed by atoms with Crippen LogP contribution in [0, 0.1) is 28.4 Å². The zero-order valence-electron chi connectivity index (χ0n) is 11.0. The molecule has 1 heterocycles. The first-order chi connectivity index (χ1) is 10.0. The van der Waals surface area contributed by atoms with E-state index in [1.54, 1.807) is 6.92 Å². The summed E-state index contributed by atoms with van der Waals surface area (Å²) in [6.07, 6.45) is 1.30. The minimum absolute atomic E-state index is 0.00972. The summed E-state index contributed by atoms with van der Waals surface area (Å²) in [6, 6.07) is 9.13. The Balaban J connectivity index is 2.17. The fourth-order valence-electron chi connectivity index (χ4n) is 1.73. The maximum atomic E-state index is 12.0. The molecule has 0 atom stereocenters. The third-order valence-electron chi connectivity index (χ3n) is 2.78. The highest BCUT2D eigenvalue weighted by atomic mass is 16.6. The summed E-state index contributed by atoms with van der Waals surface area (Å²) in [5, 5.41) is 22.0. The Kier molecular flexibility index (Phi) is 3.90. The molecule has 0 aliphatic rings. The standard InChI is InChI=1S/C14H10N4O3/c1-9-6-11(3-5-13(9)18(20)21)17-14(19)12-4-2-10(7-15)8-16-12/h2-6,8H,1H3,(H,17,19). The monoisotopic (exact) mass is 282 g/mol. The molecule has 7 heteroatoms. The molecule has 0 bridgehead atoms. The van der Waals surface area contributed by atoms with E-state index in [1.807, 2.05) is 6.07 Å². The van der Waals surface area contributed by atoms with Crippen molar-refractivity contribution in [2.45, 2.75) is 6.92 Å². The largest absolute Gasteiger partial charge is 0.321 e. The average Bonchev–Trinajstić information content (AvgIpc) is 2.47. The minimum atomic E-state index is -0.483. The number of rotatable bonds is 3. The number of nitro groups is 1. The van der Waals surface area contributed by atoms with Crippen LogP contribution in [0.3, 0.4) is 0 Å². The normalized spacial score (nSPS) is 9.71. The second-order valence-corrected chi connectivity index (χ2v) is 4.26. The summed E-state index contributed by atoms with van der Waals surface area (Å²) in [4.78, 5) is 26.1. The topological polar surface area (TPSA) is 109 Å². The molecule has 0 saturated heterocycles. The number of benzene rings is 1. The molecule has 2 aromatic rings. The van der Waals surface area contributed by atoms with Crippen LogP contribution in [0.2, 0.25) is 0 Å². The van der Waals surface area contributed by atoms with Crippen LogP contribution in [-0.4, -0.2) is 15.8 Å². The van der Waals surface area contributed by atoms with E-state index in [9.17, 15) is 14.9 Å². The highest BCUT2D eigenvalue weighted by Gasteiger charge is 2.12. The van der Waals surface area contributed by atoms with Crippen LogP contribution >= 0.6 is 0 Å². The highest BCUT2D eigenvalue weighted by molar-refractivity contribution is 6.02. The summed E-state index contributed by atoms with van der Waals surface area (Å²) in [5.74, 6) is -0.451. The summed E-state index contributed by atoms with van der Waals surface area (Å²) in [6.45, 7) is 1.59. The van der Waals surface area contributed by atoms with Gasteiger partial charge in [-0.05, 0) is 31.2 Å². The summed E-state index contributed by atoms with van der Waals surface area (Å²) < 4.78 is 0. The number of aromatic nitrogens is 1. The molecule has 0 aliphatic carbocycles. The minimum Gasteiger partial charge on any atom is -0.321 e. The van der Waals surface area contributed by atoms with Gasteiger partial charge in [0.05, 0.1) is 10.5 Å². The van der Waals surface area contributed by atoms with Crippen LogP contribution in [0.1, 0.15) is 21.6 Å². The van der Waals surface area contributed by atoms with Crippen molar-refractivity contribution in [3.8, 4) is 6.07 Å². The van der Waals surface area contributed by atoms with Crippen LogP contribution in [0.25, 0.3) is 0 Å². The lowest BCUT2D eigenvalue weighted by Crippen LogP contribution is -2.13. The molecule has 2 rings (SSSR count). The first-order valence-electron chi connectivity index (χ1n) is 5.94. The van der Waals surface area contributed by atoms with Crippen molar-refractivity contribution in [2.75, 3.05) is 5.32 Å². The molecule has 0 spiro atoms. The van der Waals surface area contributed by atoms with Gasteiger partial charge in [0, 0.05) is 23.5 Å². The second kappa shape index (κ2) is 5.79. The third-order valence-corrected chi connectivity index (χ3v) is 2.78. The van der Waals surface area contributed by atoms with Crippen LogP contribution in [0.4, 0.5) is 11.4 Å². The fourth-order valence-corrected chi connectivity index (χ4v) is 1.73. The Hall–Kier alpha value is -3.27. The van der Waals surface area contributed by atoms with Gasteiger partial charge in [0.25, 0.3) is 11.6 Å². The molecule has 0 radical (unpaired) electrons. The number of nitrogens with one attached hydrogen (secondary N) is 1. The highest BCUT2D eigenvalue weighted by Crippen LogP contribution is 2.21. The van der Waals surface area contributed by atoms with E-state index in [2.05, 4.69) is 10.3 Å². The molecule has 21 heavy (non-hydrogen) atoms. The van der Waals surface area contributed by atoms with Crippen molar-refractivity contribution < 1.29 is 9.72 Å². The van der Waals surface area contributed by atoms with Gasteiger partial charge in [0.15, 0.2) is 0 Å². The lowest BCUT2D eigenvalue weighted by Gasteiger charge is -2.06. The van der Waals surface area contributed by atoms with E-state index in [1.165, 1.54) is 36.5 Å². The zero-order chi connectivity index (χ0) is 15.4. The Morgan fingerprint density at radius 1 is 1.38 bits per heavy atom. The number of nitriles is 1. The number of aryl methyl sites for hydroxylation is 1. The first-order valence-corrected chi connectivity index (χ1v) is 5.94. The number of amides is 1. The SMILES string of the molecule is Cc1cc(NC(=O)c2ccc(C#N)cn2)ccc1[N+](=O)[O-]. The average molecular weight is 282 g/mol. The molecule has 1 aromatic heterocycles. The summed E-state index contributed by atoms with van der Waals surface area (Å²) in [5.41, 5.74) is 1.40. The predicted molar refractivity (Wildman–Crippen MR) is 74.7 cm³/mol. The second-order valence-electron chi connectivity index (χ2n) is 4.26. The van der Waals surface area contributed by atoms with Gasteiger partial charge in [0.2, 0.25) is 0 Å². The van der Waals surface area contributed by atoms with Gasteiger partial charge in [-0.3, -0.25) is 14.9 Å². The lowest BCUT2D eigenvalue weighted by molar-refractivity contribution is -0.385. The Morgan fingerprint density at radius 3 is 2.67 bits per heavy atom. The zero-order valence-corrected chi connectivity index (χ0v) is 11.0. The Bertz CT molecular complexity index is 748. The third kappa shape index (κ3) is 3.19. The van der Waals surface area contributed by atoms with Gasteiger partial charge in [-0.25, -0.2) is 4.98 Å². The maximum Gasteiger partial charge on any atom is 0.274 e. The summed E-state index contributed by atoms with van der Waals surface area (Å²) in [7, 11) is 0. The maximum absolute atomic E-state index is 12.0. The number of pyridine rings is 1. The van der Waals surface area contributed by atoms with Crippen LogP contribution in [0.15, 0.2) is 36.5 Å².